The van der Waals surface area contributed by atoms with E-state index in [0.29, 0.717) is 12.0 Å². The summed E-state index contributed by atoms with van der Waals surface area (Å²) in [6.07, 6.45) is 5.68. The zero-order valence-corrected chi connectivity index (χ0v) is 14.3. The Morgan fingerprint density at radius 2 is 1.91 bits per heavy atom. The van der Waals surface area contributed by atoms with Crippen LogP contribution in [0.3, 0.4) is 0 Å². The predicted molar refractivity (Wildman–Crippen MR) is 84.7 cm³/mol. The number of allylic oxidation sites excluding steroid dienone is 5. The summed E-state index contributed by atoms with van der Waals surface area (Å²) in [5, 5.41) is 0. The van der Waals surface area contributed by atoms with Gasteiger partial charge in [-0.1, -0.05) is 26.8 Å². The molecule has 0 spiro atoms. The summed E-state index contributed by atoms with van der Waals surface area (Å²) in [4.78, 5) is 12.8. The minimum absolute atomic E-state index is 0.0835. The Morgan fingerprint density at radius 3 is 2.41 bits per heavy atom. The fourth-order valence-corrected chi connectivity index (χ4v) is 5.18. The predicted octanol–water partition coefficient (Wildman–Crippen LogP) is 3.43. The van der Waals surface area contributed by atoms with Gasteiger partial charge in [0.05, 0.1) is 4.91 Å². The SMILES string of the molecule is CC1=CCC(=C2C(=O)C3(C)CCC2C3(C)C)C=C1S(=O)(=O)O. The van der Waals surface area contributed by atoms with Crippen molar-refractivity contribution < 1.29 is 17.8 Å². The minimum Gasteiger partial charge on any atom is -0.294 e. The van der Waals surface area contributed by atoms with Crippen LogP contribution >= 0.6 is 0 Å². The van der Waals surface area contributed by atoms with Gasteiger partial charge in [0.2, 0.25) is 0 Å². The molecule has 0 aliphatic heterocycles. The van der Waals surface area contributed by atoms with E-state index in [9.17, 15) is 17.8 Å². The van der Waals surface area contributed by atoms with Crippen LogP contribution in [0.4, 0.5) is 0 Å². The highest BCUT2D eigenvalue weighted by molar-refractivity contribution is 7.90. The lowest BCUT2D eigenvalue weighted by Crippen LogP contribution is -2.32. The zero-order chi connectivity index (χ0) is 16.5. The summed E-state index contributed by atoms with van der Waals surface area (Å²) < 4.78 is 32.4. The smallest absolute Gasteiger partial charge is 0.294 e. The third-order valence-electron chi connectivity index (χ3n) is 6.27. The molecule has 2 fully saturated rings. The Labute approximate surface area is 131 Å². The van der Waals surface area contributed by atoms with E-state index in [1.807, 2.05) is 6.92 Å². The van der Waals surface area contributed by atoms with Crippen LogP contribution in [0.1, 0.15) is 47.0 Å². The molecule has 1 N–H and O–H groups in total. The Balaban J connectivity index is 2.18. The van der Waals surface area contributed by atoms with Gasteiger partial charge in [0, 0.05) is 11.0 Å². The summed E-state index contributed by atoms with van der Waals surface area (Å²) in [5.41, 5.74) is 1.61. The second-order valence-corrected chi connectivity index (χ2v) is 8.88. The van der Waals surface area contributed by atoms with Crippen molar-refractivity contribution in [2.24, 2.45) is 16.7 Å². The number of hydrogen-bond acceptors (Lipinski definition) is 3. The second kappa shape index (κ2) is 4.42. The van der Waals surface area contributed by atoms with Gasteiger partial charge in [0.1, 0.15) is 0 Å². The Morgan fingerprint density at radius 1 is 1.27 bits per heavy atom. The number of Topliss-reactive ketones (excluding diaryl/α,β-unsaturated/α-hetero) is 1. The number of fused-ring (bicyclic) bond motifs is 2. The van der Waals surface area contributed by atoms with Gasteiger partial charge in [0.25, 0.3) is 10.1 Å². The quantitative estimate of drug-likeness (QED) is 0.593. The highest BCUT2D eigenvalue weighted by Crippen LogP contribution is 2.66. The normalized spacial score (nSPS) is 37.3. The number of carbonyl (C=O) groups excluding carboxylic acids is 1. The summed E-state index contributed by atoms with van der Waals surface area (Å²) in [7, 11) is -4.26. The number of carbonyl (C=O) groups is 1. The Bertz CT molecular complexity index is 764. The molecule has 0 aromatic heterocycles. The standard InChI is InChI=1S/C17H22O4S/c1-10-5-6-11(9-13(10)22(19,20)21)14-12-7-8-17(4,15(14)18)16(12,2)3/h5,9,12H,6-8H2,1-4H3,(H,19,20,21). The average molecular weight is 322 g/mol. The van der Waals surface area contributed by atoms with E-state index in [2.05, 4.69) is 13.8 Å². The van der Waals surface area contributed by atoms with Crippen molar-refractivity contribution in [3.63, 3.8) is 0 Å². The molecule has 2 unspecified atom stereocenters. The van der Waals surface area contributed by atoms with E-state index in [4.69, 9.17) is 0 Å². The molecule has 3 aliphatic carbocycles. The summed E-state index contributed by atoms with van der Waals surface area (Å²) >= 11 is 0. The van der Waals surface area contributed by atoms with E-state index in [-0.39, 0.29) is 27.4 Å². The molecular formula is C17H22O4S. The Kier molecular flexibility index (Phi) is 3.15. The maximum atomic E-state index is 12.9. The van der Waals surface area contributed by atoms with Gasteiger partial charge in [-0.2, -0.15) is 8.42 Å². The van der Waals surface area contributed by atoms with Crippen molar-refractivity contribution in [2.75, 3.05) is 0 Å². The van der Waals surface area contributed by atoms with E-state index in [1.165, 1.54) is 6.08 Å². The molecular weight excluding hydrogens is 300 g/mol. The van der Waals surface area contributed by atoms with Crippen molar-refractivity contribution >= 4 is 15.9 Å². The van der Waals surface area contributed by atoms with Gasteiger partial charge < -0.3 is 0 Å². The molecule has 3 aliphatic rings. The van der Waals surface area contributed by atoms with E-state index in [0.717, 1.165) is 24.0 Å². The van der Waals surface area contributed by atoms with Gasteiger partial charge >= 0.3 is 0 Å². The highest BCUT2D eigenvalue weighted by atomic mass is 32.2. The molecule has 22 heavy (non-hydrogen) atoms. The molecule has 3 rings (SSSR count). The molecule has 0 aromatic carbocycles. The fraction of sp³-hybridized carbons (Fsp3) is 0.588. The van der Waals surface area contributed by atoms with Crippen LogP contribution in [0.2, 0.25) is 0 Å². The van der Waals surface area contributed by atoms with Gasteiger partial charge in [-0.3, -0.25) is 9.35 Å². The van der Waals surface area contributed by atoms with Crippen molar-refractivity contribution in [3.8, 4) is 0 Å². The van der Waals surface area contributed by atoms with Crippen LogP contribution < -0.4 is 0 Å². The molecule has 0 radical (unpaired) electrons. The molecule has 0 amide bonds. The number of ketones is 1. The van der Waals surface area contributed by atoms with Crippen LogP contribution in [0.5, 0.6) is 0 Å². The summed E-state index contributed by atoms with van der Waals surface area (Å²) in [5.74, 6) is 0.327. The lowest BCUT2D eigenvalue weighted by Gasteiger charge is -2.31. The molecule has 2 bridgehead atoms. The third kappa shape index (κ3) is 1.85. The first-order chi connectivity index (χ1) is 10.00. The first-order valence-corrected chi connectivity index (χ1v) is 9.08. The average Bonchev–Trinajstić information content (AvgIpc) is 2.70. The van der Waals surface area contributed by atoms with Gasteiger partial charge in [0.15, 0.2) is 5.78 Å². The van der Waals surface area contributed by atoms with Crippen molar-refractivity contribution in [3.05, 3.63) is 33.8 Å². The number of hydrogen-bond donors (Lipinski definition) is 1. The molecule has 5 heteroatoms. The van der Waals surface area contributed by atoms with E-state index in [1.54, 1.807) is 13.0 Å². The fourth-order valence-electron chi connectivity index (χ4n) is 4.40. The van der Waals surface area contributed by atoms with Crippen LogP contribution in [0.25, 0.3) is 0 Å². The van der Waals surface area contributed by atoms with Gasteiger partial charge in [-0.15, -0.1) is 0 Å². The number of rotatable bonds is 1. The lowest BCUT2D eigenvalue weighted by atomic mass is 9.70. The van der Waals surface area contributed by atoms with Gasteiger partial charge in [-0.05, 0) is 54.7 Å². The largest absolute Gasteiger partial charge is 0.294 e. The molecule has 4 nitrogen and oxygen atoms in total. The topological polar surface area (TPSA) is 71.4 Å². The minimum atomic E-state index is -4.26. The summed E-state index contributed by atoms with van der Waals surface area (Å²) in [6.45, 7) is 7.95. The van der Waals surface area contributed by atoms with Crippen LogP contribution in [0, 0.1) is 16.7 Å². The first-order valence-electron chi connectivity index (χ1n) is 7.64. The maximum absolute atomic E-state index is 12.9. The third-order valence-corrected chi connectivity index (χ3v) is 7.26. The molecule has 2 atom stereocenters. The molecule has 0 saturated heterocycles. The molecule has 2 saturated carbocycles. The zero-order valence-electron chi connectivity index (χ0n) is 13.4. The Hall–Kier alpha value is -1.20. The van der Waals surface area contributed by atoms with Crippen LogP contribution in [-0.4, -0.2) is 18.8 Å². The monoisotopic (exact) mass is 322 g/mol. The van der Waals surface area contributed by atoms with E-state index < -0.39 is 10.1 Å². The summed E-state index contributed by atoms with van der Waals surface area (Å²) in [6, 6.07) is 0. The molecule has 0 aromatic rings. The van der Waals surface area contributed by atoms with Crippen LogP contribution in [0.15, 0.2) is 33.8 Å². The lowest BCUT2D eigenvalue weighted by molar-refractivity contribution is -0.125. The first kappa shape index (κ1) is 15.7. The van der Waals surface area contributed by atoms with Crippen molar-refractivity contribution in [1.29, 1.82) is 0 Å². The van der Waals surface area contributed by atoms with Crippen molar-refractivity contribution in [1.82, 2.24) is 0 Å². The van der Waals surface area contributed by atoms with Crippen molar-refractivity contribution in [2.45, 2.75) is 47.0 Å². The van der Waals surface area contributed by atoms with Crippen LogP contribution in [-0.2, 0) is 14.9 Å². The molecule has 0 heterocycles. The van der Waals surface area contributed by atoms with E-state index >= 15 is 0 Å². The molecule has 120 valence electrons. The maximum Gasteiger partial charge on any atom is 0.294 e. The second-order valence-electron chi connectivity index (χ2n) is 7.49. The van der Waals surface area contributed by atoms with Gasteiger partial charge in [-0.25, -0.2) is 0 Å². The highest BCUT2D eigenvalue weighted by Gasteiger charge is 2.64.